The van der Waals surface area contributed by atoms with Crippen LogP contribution >= 0.6 is 25.3 Å². The second-order valence-corrected chi connectivity index (χ2v) is 5.00. The number of rotatable bonds is 4. The van der Waals surface area contributed by atoms with E-state index in [2.05, 4.69) is 37.3 Å². The molecule has 0 bridgehead atoms. The van der Waals surface area contributed by atoms with Crippen LogP contribution in [-0.2, 0) is 13.5 Å². The van der Waals surface area contributed by atoms with Crippen LogP contribution in [0.1, 0.15) is 19.0 Å². The summed E-state index contributed by atoms with van der Waals surface area (Å²) in [6, 6.07) is 2.04. The molecule has 13 heavy (non-hydrogen) atoms. The molecule has 0 N–H and O–H groups in total. The first-order valence-corrected chi connectivity index (χ1v) is 5.43. The van der Waals surface area contributed by atoms with Gasteiger partial charge in [0.05, 0.1) is 0 Å². The molecule has 0 aromatic carbocycles. The molecular formula is C9H16N2S2. The third kappa shape index (κ3) is 3.27. The van der Waals surface area contributed by atoms with Crippen LogP contribution in [0.15, 0.2) is 12.3 Å². The van der Waals surface area contributed by atoms with E-state index in [1.165, 1.54) is 5.69 Å². The Morgan fingerprint density at radius 3 is 2.77 bits per heavy atom. The van der Waals surface area contributed by atoms with Crippen LogP contribution in [0, 0.1) is 0 Å². The normalized spacial score (nSPS) is 15.7. The van der Waals surface area contributed by atoms with Gasteiger partial charge >= 0.3 is 0 Å². The Morgan fingerprint density at radius 2 is 2.31 bits per heavy atom. The molecule has 1 aromatic rings. The number of thiol groups is 2. The first-order valence-electron chi connectivity index (χ1n) is 4.35. The SMILES string of the molecule is Cn1nccc1CC[C@@](C)(S)CS. The summed E-state index contributed by atoms with van der Waals surface area (Å²) < 4.78 is 1.93. The molecule has 0 saturated heterocycles. The van der Waals surface area contributed by atoms with Crippen molar-refractivity contribution in [2.45, 2.75) is 24.5 Å². The van der Waals surface area contributed by atoms with Crippen molar-refractivity contribution in [2.24, 2.45) is 7.05 Å². The summed E-state index contributed by atoms with van der Waals surface area (Å²) in [6.45, 7) is 2.11. The van der Waals surface area contributed by atoms with Gasteiger partial charge in [0.25, 0.3) is 0 Å². The van der Waals surface area contributed by atoms with E-state index in [-0.39, 0.29) is 4.75 Å². The highest BCUT2D eigenvalue weighted by Gasteiger charge is 2.17. The van der Waals surface area contributed by atoms with E-state index in [1.807, 2.05) is 24.0 Å². The predicted octanol–water partition coefficient (Wildman–Crippen LogP) is 1.97. The van der Waals surface area contributed by atoms with Gasteiger partial charge in [-0.3, -0.25) is 4.68 Å². The van der Waals surface area contributed by atoms with Gasteiger partial charge in [-0.2, -0.15) is 30.4 Å². The molecule has 1 atom stereocenters. The highest BCUT2D eigenvalue weighted by Crippen LogP contribution is 2.22. The van der Waals surface area contributed by atoms with Crippen molar-refractivity contribution in [1.29, 1.82) is 0 Å². The second-order valence-electron chi connectivity index (χ2n) is 3.60. The molecule has 74 valence electrons. The maximum Gasteiger partial charge on any atom is 0.0492 e. The lowest BCUT2D eigenvalue weighted by molar-refractivity contribution is 0.616. The quantitative estimate of drug-likeness (QED) is 0.736. The Kier molecular flexibility index (Phi) is 3.74. The van der Waals surface area contributed by atoms with Gasteiger partial charge in [-0.15, -0.1) is 0 Å². The van der Waals surface area contributed by atoms with Crippen molar-refractivity contribution < 1.29 is 0 Å². The zero-order chi connectivity index (χ0) is 9.90. The van der Waals surface area contributed by atoms with Crippen molar-refractivity contribution in [3.63, 3.8) is 0 Å². The van der Waals surface area contributed by atoms with Gasteiger partial charge in [-0.05, 0) is 25.8 Å². The standard InChI is InChI=1S/C9H16N2S2/c1-9(13,7-12)5-3-8-4-6-10-11(8)2/h4,6,12-13H,3,5,7H2,1-2H3/t9-/m1/s1. The molecule has 0 saturated carbocycles. The molecule has 0 spiro atoms. The molecule has 2 nitrogen and oxygen atoms in total. The lowest BCUT2D eigenvalue weighted by Crippen LogP contribution is -2.20. The fourth-order valence-corrected chi connectivity index (χ4v) is 1.39. The lowest BCUT2D eigenvalue weighted by Gasteiger charge is -2.20. The van der Waals surface area contributed by atoms with Crippen molar-refractivity contribution >= 4 is 25.3 Å². The average Bonchev–Trinajstić information content (AvgIpc) is 2.48. The van der Waals surface area contributed by atoms with Gasteiger partial charge in [0.1, 0.15) is 0 Å². The van der Waals surface area contributed by atoms with E-state index >= 15 is 0 Å². The second kappa shape index (κ2) is 4.42. The van der Waals surface area contributed by atoms with E-state index in [9.17, 15) is 0 Å². The van der Waals surface area contributed by atoms with E-state index in [0.717, 1.165) is 18.6 Å². The molecule has 1 rings (SSSR count). The van der Waals surface area contributed by atoms with Crippen molar-refractivity contribution in [2.75, 3.05) is 5.75 Å². The molecule has 0 aliphatic heterocycles. The molecule has 4 heteroatoms. The molecule has 0 aliphatic rings. The van der Waals surface area contributed by atoms with Crippen LogP contribution in [0.4, 0.5) is 0 Å². The van der Waals surface area contributed by atoms with Crippen molar-refractivity contribution in [3.05, 3.63) is 18.0 Å². The van der Waals surface area contributed by atoms with Crippen LogP contribution in [0.2, 0.25) is 0 Å². The minimum absolute atomic E-state index is 0.0212. The number of nitrogens with zero attached hydrogens (tertiary/aromatic N) is 2. The number of hydrogen-bond donors (Lipinski definition) is 2. The fraction of sp³-hybridized carbons (Fsp3) is 0.667. The highest BCUT2D eigenvalue weighted by molar-refractivity contribution is 7.85. The number of aryl methyl sites for hydroxylation is 2. The summed E-state index contributed by atoms with van der Waals surface area (Å²) in [4.78, 5) is 0. The maximum atomic E-state index is 4.53. The summed E-state index contributed by atoms with van der Waals surface area (Å²) >= 11 is 8.79. The van der Waals surface area contributed by atoms with Gasteiger partial charge in [-0.1, -0.05) is 0 Å². The summed E-state index contributed by atoms with van der Waals surface area (Å²) in [5.41, 5.74) is 1.25. The highest BCUT2D eigenvalue weighted by atomic mass is 32.1. The lowest BCUT2D eigenvalue weighted by atomic mass is 10.1. The van der Waals surface area contributed by atoms with E-state index in [4.69, 9.17) is 0 Å². The minimum atomic E-state index is 0.0212. The Labute approximate surface area is 90.5 Å². The van der Waals surface area contributed by atoms with Crippen molar-refractivity contribution in [3.8, 4) is 0 Å². The summed E-state index contributed by atoms with van der Waals surface area (Å²) in [6.07, 6.45) is 3.86. The Morgan fingerprint density at radius 1 is 1.62 bits per heavy atom. The van der Waals surface area contributed by atoms with Gasteiger partial charge in [0, 0.05) is 29.4 Å². The number of hydrogen-bond acceptors (Lipinski definition) is 3. The third-order valence-corrected chi connectivity index (χ3v) is 3.51. The molecule has 0 fully saturated rings. The molecule has 0 aliphatic carbocycles. The van der Waals surface area contributed by atoms with Gasteiger partial charge in [-0.25, -0.2) is 0 Å². The maximum absolute atomic E-state index is 4.53. The van der Waals surface area contributed by atoms with Crippen LogP contribution in [0.5, 0.6) is 0 Å². The van der Waals surface area contributed by atoms with E-state index in [1.54, 1.807) is 0 Å². The monoisotopic (exact) mass is 216 g/mol. The first kappa shape index (κ1) is 11.0. The zero-order valence-corrected chi connectivity index (χ0v) is 9.85. The molecular weight excluding hydrogens is 200 g/mol. The molecule has 1 heterocycles. The first-order chi connectivity index (χ1) is 6.05. The third-order valence-electron chi connectivity index (χ3n) is 2.18. The summed E-state index contributed by atoms with van der Waals surface area (Å²) in [5, 5.41) is 4.12. The molecule has 0 unspecified atom stereocenters. The topological polar surface area (TPSA) is 17.8 Å². The summed E-state index contributed by atoms with van der Waals surface area (Å²) in [5.74, 6) is 0.800. The van der Waals surface area contributed by atoms with Crippen LogP contribution in [-0.4, -0.2) is 20.3 Å². The van der Waals surface area contributed by atoms with Gasteiger partial charge in [0.2, 0.25) is 0 Å². The van der Waals surface area contributed by atoms with E-state index in [0.29, 0.717) is 0 Å². The van der Waals surface area contributed by atoms with Gasteiger partial charge < -0.3 is 0 Å². The molecule has 1 aromatic heterocycles. The predicted molar refractivity (Wildman–Crippen MR) is 62.8 cm³/mol. The Hall–Kier alpha value is -0.0900. The zero-order valence-electron chi connectivity index (χ0n) is 8.06. The van der Waals surface area contributed by atoms with Crippen LogP contribution in [0.25, 0.3) is 0 Å². The minimum Gasteiger partial charge on any atom is -0.273 e. The Bertz CT molecular complexity index is 268. The average molecular weight is 216 g/mol. The van der Waals surface area contributed by atoms with Gasteiger partial charge in [0.15, 0.2) is 0 Å². The van der Waals surface area contributed by atoms with Crippen LogP contribution in [0.3, 0.4) is 0 Å². The largest absolute Gasteiger partial charge is 0.273 e. The smallest absolute Gasteiger partial charge is 0.0492 e. The number of aromatic nitrogens is 2. The Balaban J connectivity index is 2.48. The molecule has 0 radical (unpaired) electrons. The van der Waals surface area contributed by atoms with E-state index < -0.39 is 0 Å². The van der Waals surface area contributed by atoms with Crippen molar-refractivity contribution in [1.82, 2.24) is 9.78 Å². The summed E-state index contributed by atoms with van der Waals surface area (Å²) in [7, 11) is 1.96. The fourth-order valence-electron chi connectivity index (χ4n) is 1.12. The molecule has 0 amide bonds. The van der Waals surface area contributed by atoms with Crippen LogP contribution < -0.4 is 0 Å².